The lowest BCUT2D eigenvalue weighted by molar-refractivity contribution is -0.136. The number of methoxy groups -OCH3 is 1. The highest BCUT2D eigenvalue weighted by Gasteiger charge is 2.40. The number of nitrogens with zero attached hydrogens (tertiary/aromatic N) is 4. The van der Waals surface area contributed by atoms with Crippen molar-refractivity contribution in [3.8, 4) is 0 Å². The lowest BCUT2D eigenvalue weighted by Crippen LogP contribution is -2.52. The molecule has 3 aliphatic heterocycles. The third-order valence-corrected chi connectivity index (χ3v) is 6.93. The highest BCUT2D eigenvalue weighted by Crippen LogP contribution is 2.32. The minimum absolute atomic E-state index is 0.126. The lowest BCUT2D eigenvalue weighted by Gasteiger charge is -2.29. The third-order valence-electron chi connectivity index (χ3n) is 6.93. The van der Waals surface area contributed by atoms with E-state index < -0.39 is 11.9 Å². The summed E-state index contributed by atoms with van der Waals surface area (Å²) in [5, 5.41) is 6.68. The monoisotopic (exact) mass is 452 g/mol. The molecule has 0 bridgehead atoms. The number of aromatic nitrogens is 2. The Labute approximate surface area is 191 Å². The van der Waals surface area contributed by atoms with E-state index in [1.807, 2.05) is 29.1 Å². The summed E-state index contributed by atoms with van der Waals surface area (Å²) in [5.41, 5.74) is 8.43. The second-order valence-corrected chi connectivity index (χ2v) is 8.98. The molecule has 1 aromatic carbocycles. The van der Waals surface area contributed by atoms with Crippen molar-refractivity contribution >= 4 is 23.5 Å². The first kappa shape index (κ1) is 21.6. The van der Waals surface area contributed by atoms with Crippen molar-refractivity contribution in [1.29, 1.82) is 0 Å². The molecule has 1 aromatic heterocycles. The number of nitrogens with two attached hydrogens (primary N) is 1. The second-order valence-electron chi connectivity index (χ2n) is 8.98. The number of carbonyl (C=O) groups excluding carboxylic acids is 3. The summed E-state index contributed by atoms with van der Waals surface area (Å²) in [6.07, 6.45) is 3.49. The van der Waals surface area contributed by atoms with E-state index in [9.17, 15) is 14.4 Å². The largest absolute Gasteiger partial charge is 0.382 e. The maximum Gasteiger partial charge on any atom is 0.255 e. The van der Waals surface area contributed by atoms with E-state index in [0.717, 1.165) is 24.1 Å². The van der Waals surface area contributed by atoms with Crippen LogP contribution in [0, 0.1) is 0 Å². The van der Waals surface area contributed by atoms with E-state index in [1.165, 1.54) is 0 Å². The van der Waals surface area contributed by atoms with Gasteiger partial charge in [0, 0.05) is 51.0 Å². The molecule has 5 rings (SSSR count). The number of nitrogens with one attached hydrogen (secondary N) is 1. The van der Waals surface area contributed by atoms with Gasteiger partial charge in [-0.25, -0.2) is 0 Å². The van der Waals surface area contributed by atoms with E-state index in [0.29, 0.717) is 37.4 Å². The number of rotatable bonds is 6. The normalized spacial score (nSPS) is 25.5. The summed E-state index contributed by atoms with van der Waals surface area (Å²) in [6, 6.07) is 7.15. The van der Waals surface area contributed by atoms with E-state index in [1.54, 1.807) is 18.1 Å². The summed E-state index contributed by atoms with van der Waals surface area (Å²) < 4.78 is 7.50. The number of anilines is 1. The van der Waals surface area contributed by atoms with Gasteiger partial charge in [0.25, 0.3) is 5.91 Å². The first-order valence-corrected chi connectivity index (χ1v) is 11.2. The summed E-state index contributed by atoms with van der Waals surface area (Å²) >= 11 is 0. The number of carbonyl (C=O) groups is 3. The molecule has 33 heavy (non-hydrogen) atoms. The molecular formula is C23H28N6O4. The minimum Gasteiger partial charge on any atom is -0.382 e. The fourth-order valence-electron chi connectivity index (χ4n) is 5.20. The molecule has 3 N–H and O–H groups in total. The molecule has 2 fully saturated rings. The Kier molecular flexibility index (Phi) is 5.63. The van der Waals surface area contributed by atoms with Crippen molar-refractivity contribution in [1.82, 2.24) is 24.9 Å². The van der Waals surface area contributed by atoms with Crippen molar-refractivity contribution in [2.45, 2.75) is 57.1 Å². The highest BCUT2D eigenvalue weighted by molar-refractivity contribution is 6.05. The molecule has 2 aromatic rings. The fourth-order valence-corrected chi connectivity index (χ4v) is 5.20. The number of piperidine rings is 1. The summed E-state index contributed by atoms with van der Waals surface area (Å²) in [7, 11) is 1.73. The van der Waals surface area contributed by atoms with Crippen LogP contribution in [0.15, 0.2) is 30.5 Å². The smallest absolute Gasteiger partial charge is 0.255 e. The van der Waals surface area contributed by atoms with Crippen LogP contribution < -0.4 is 11.1 Å². The molecule has 174 valence electrons. The van der Waals surface area contributed by atoms with Gasteiger partial charge in [-0.15, -0.1) is 0 Å². The predicted octanol–water partition coefficient (Wildman–Crippen LogP) is 0.516. The van der Waals surface area contributed by atoms with Crippen LogP contribution in [0.25, 0.3) is 0 Å². The Balaban J connectivity index is 1.35. The topological polar surface area (TPSA) is 123 Å². The Morgan fingerprint density at radius 2 is 2.09 bits per heavy atom. The van der Waals surface area contributed by atoms with Gasteiger partial charge < -0.3 is 15.4 Å². The Bertz CT molecular complexity index is 1100. The predicted molar refractivity (Wildman–Crippen MR) is 119 cm³/mol. The van der Waals surface area contributed by atoms with Gasteiger partial charge in [0.05, 0.1) is 12.6 Å². The van der Waals surface area contributed by atoms with E-state index in [-0.39, 0.29) is 30.4 Å². The first-order chi connectivity index (χ1) is 15.9. The molecule has 4 heterocycles. The molecule has 3 aliphatic rings. The molecule has 2 saturated heterocycles. The number of fused-ring (bicyclic) bond motifs is 1. The van der Waals surface area contributed by atoms with Crippen molar-refractivity contribution in [2.75, 3.05) is 19.4 Å². The van der Waals surface area contributed by atoms with Crippen LogP contribution >= 0.6 is 0 Å². The SMILES string of the molecule is CO[C@@H]1C[C@@H](Cn2ccc(N)n2)N(Cc2cccc3c2CN(C2CCC(=O)NC2=O)C3=O)C1. The van der Waals surface area contributed by atoms with E-state index in [2.05, 4.69) is 15.3 Å². The van der Waals surface area contributed by atoms with E-state index in [4.69, 9.17) is 10.5 Å². The molecule has 0 spiro atoms. The number of hydrogen-bond donors (Lipinski definition) is 2. The molecule has 10 heteroatoms. The Hall–Kier alpha value is -3.24. The van der Waals surface area contributed by atoms with Gasteiger partial charge in [0.15, 0.2) is 0 Å². The number of benzene rings is 1. The average molecular weight is 453 g/mol. The van der Waals surface area contributed by atoms with Crippen molar-refractivity contribution in [3.63, 3.8) is 0 Å². The zero-order chi connectivity index (χ0) is 23.1. The standard InChI is InChI=1S/C23H28N6O4/c1-33-16-9-15(11-28-8-7-20(24)26-28)27(12-16)10-14-3-2-4-17-18(14)13-29(23(17)32)19-5-6-21(30)25-22(19)31/h2-4,7-8,15-16,19H,5-6,9-13H2,1H3,(H2,24,26)(H,25,30,31)/t15-,16+,19?/m0/s1. The van der Waals surface area contributed by atoms with Crippen molar-refractivity contribution in [2.24, 2.45) is 0 Å². The van der Waals surface area contributed by atoms with Gasteiger partial charge >= 0.3 is 0 Å². The Morgan fingerprint density at radius 3 is 2.82 bits per heavy atom. The van der Waals surface area contributed by atoms with Crippen LogP contribution in [-0.2, 0) is 34.0 Å². The molecule has 0 aliphatic carbocycles. The lowest BCUT2D eigenvalue weighted by atomic mass is 10.0. The van der Waals surface area contributed by atoms with Crippen LogP contribution in [0.3, 0.4) is 0 Å². The molecule has 0 saturated carbocycles. The van der Waals surface area contributed by atoms with Gasteiger partial charge in [0.1, 0.15) is 11.9 Å². The highest BCUT2D eigenvalue weighted by atomic mass is 16.5. The second kappa shape index (κ2) is 8.60. The van der Waals surface area contributed by atoms with Crippen LogP contribution in [-0.4, -0.2) is 69.1 Å². The molecular weight excluding hydrogens is 424 g/mol. The maximum atomic E-state index is 13.1. The summed E-state index contributed by atoms with van der Waals surface area (Å²) in [6.45, 7) is 2.53. The van der Waals surface area contributed by atoms with Crippen LogP contribution in [0.1, 0.15) is 40.7 Å². The first-order valence-electron chi connectivity index (χ1n) is 11.2. The van der Waals surface area contributed by atoms with Crippen LogP contribution in [0.5, 0.6) is 0 Å². The van der Waals surface area contributed by atoms with Gasteiger partial charge in [0.2, 0.25) is 11.8 Å². The molecule has 1 unspecified atom stereocenters. The maximum absolute atomic E-state index is 13.1. The molecule has 3 amide bonds. The van der Waals surface area contributed by atoms with Gasteiger partial charge in [-0.05, 0) is 36.1 Å². The number of amides is 3. The van der Waals surface area contributed by atoms with Crippen LogP contribution in [0.2, 0.25) is 0 Å². The molecule has 3 atom stereocenters. The van der Waals surface area contributed by atoms with Crippen molar-refractivity contribution < 1.29 is 19.1 Å². The number of imide groups is 1. The third kappa shape index (κ3) is 4.11. The molecule has 10 nitrogen and oxygen atoms in total. The molecule has 0 radical (unpaired) electrons. The fraction of sp³-hybridized carbons (Fsp3) is 0.478. The number of ether oxygens (including phenoxy) is 1. The van der Waals surface area contributed by atoms with Crippen molar-refractivity contribution in [3.05, 3.63) is 47.2 Å². The summed E-state index contributed by atoms with van der Waals surface area (Å²) in [4.78, 5) is 41.0. The number of hydrogen-bond acceptors (Lipinski definition) is 7. The van der Waals surface area contributed by atoms with Gasteiger partial charge in [-0.2, -0.15) is 5.10 Å². The minimum atomic E-state index is -0.613. The number of nitrogen functional groups attached to an aromatic ring is 1. The van der Waals surface area contributed by atoms with Gasteiger partial charge in [-0.1, -0.05) is 12.1 Å². The number of likely N-dealkylation sites (tertiary alicyclic amines) is 1. The zero-order valence-electron chi connectivity index (χ0n) is 18.6. The van der Waals surface area contributed by atoms with E-state index >= 15 is 0 Å². The average Bonchev–Trinajstić information content (AvgIpc) is 3.47. The van der Waals surface area contributed by atoms with Gasteiger partial charge in [-0.3, -0.25) is 29.3 Å². The van der Waals surface area contributed by atoms with Crippen LogP contribution in [0.4, 0.5) is 5.82 Å². The quantitative estimate of drug-likeness (QED) is 0.613. The Morgan fingerprint density at radius 1 is 1.24 bits per heavy atom. The zero-order valence-corrected chi connectivity index (χ0v) is 18.6. The summed E-state index contributed by atoms with van der Waals surface area (Å²) in [5.74, 6) is -0.334.